The lowest BCUT2D eigenvalue weighted by Crippen LogP contribution is -2.49. The van der Waals surface area contributed by atoms with Crippen molar-refractivity contribution in [1.29, 1.82) is 0 Å². The molecule has 0 spiro atoms. The molecule has 1 aromatic heterocycles. The molecular formula is C15H25N3O4S. The number of nitrogens with zero attached hydrogens (tertiary/aromatic N) is 1. The van der Waals surface area contributed by atoms with E-state index < -0.39 is 10.0 Å². The molecule has 7 nitrogen and oxygen atoms in total. The average molecular weight is 343 g/mol. The second-order valence-corrected chi connectivity index (χ2v) is 7.69. The third-order valence-electron chi connectivity index (χ3n) is 3.96. The minimum Gasteiger partial charge on any atom is -0.469 e. The van der Waals surface area contributed by atoms with E-state index in [1.54, 1.807) is 6.26 Å². The Labute approximate surface area is 137 Å². The molecule has 1 fully saturated rings. The van der Waals surface area contributed by atoms with Gasteiger partial charge in [0.2, 0.25) is 10.0 Å². The van der Waals surface area contributed by atoms with Gasteiger partial charge in [-0.15, -0.1) is 0 Å². The van der Waals surface area contributed by atoms with Crippen LogP contribution in [0.3, 0.4) is 0 Å². The van der Waals surface area contributed by atoms with Crippen LogP contribution in [0, 0.1) is 0 Å². The Balaban J connectivity index is 1.78. The van der Waals surface area contributed by atoms with Gasteiger partial charge >= 0.3 is 6.03 Å². The molecule has 8 heteroatoms. The van der Waals surface area contributed by atoms with Crippen LogP contribution in [-0.4, -0.2) is 51.3 Å². The maximum atomic E-state index is 12.3. The standard InChI is InChI=1S/C15H25N3O4S/c1-23(20,21)17-10-7-13-5-2-3-11-18(13)15(19)16-9-8-14-6-4-12-22-14/h4,6,12-13,17H,2-3,5,7-11H2,1H3,(H,16,19). The zero-order valence-corrected chi connectivity index (χ0v) is 14.3. The third kappa shape index (κ3) is 6.23. The molecule has 0 radical (unpaired) electrons. The number of furan rings is 1. The van der Waals surface area contributed by atoms with E-state index in [2.05, 4.69) is 10.0 Å². The summed E-state index contributed by atoms with van der Waals surface area (Å²) in [4.78, 5) is 14.2. The first kappa shape index (κ1) is 17.8. The molecule has 1 aliphatic heterocycles. The third-order valence-corrected chi connectivity index (χ3v) is 4.69. The maximum absolute atomic E-state index is 12.3. The summed E-state index contributed by atoms with van der Waals surface area (Å²) in [5.74, 6) is 0.845. The van der Waals surface area contributed by atoms with Crippen LogP contribution in [0.5, 0.6) is 0 Å². The first-order valence-electron chi connectivity index (χ1n) is 7.97. The van der Waals surface area contributed by atoms with Crippen molar-refractivity contribution >= 4 is 16.1 Å². The zero-order valence-electron chi connectivity index (χ0n) is 13.5. The number of rotatable bonds is 7. The average Bonchev–Trinajstić information content (AvgIpc) is 2.99. The van der Waals surface area contributed by atoms with Gasteiger partial charge in [-0.1, -0.05) is 0 Å². The fourth-order valence-corrected chi connectivity index (χ4v) is 3.32. The van der Waals surface area contributed by atoms with E-state index in [4.69, 9.17) is 4.42 Å². The van der Waals surface area contributed by atoms with Gasteiger partial charge in [0.05, 0.1) is 12.5 Å². The van der Waals surface area contributed by atoms with Crippen molar-refractivity contribution in [3.63, 3.8) is 0 Å². The van der Waals surface area contributed by atoms with Crippen molar-refractivity contribution in [3.8, 4) is 0 Å². The lowest BCUT2D eigenvalue weighted by molar-refractivity contribution is 0.147. The number of amides is 2. The molecule has 1 unspecified atom stereocenters. The second kappa shape index (κ2) is 8.35. The minimum atomic E-state index is -3.18. The Bertz CT molecular complexity index is 586. The molecule has 0 aromatic carbocycles. The fourth-order valence-electron chi connectivity index (χ4n) is 2.83. The summed E-state index contributed by atoms with van der Waals surface area (Å²) < 4.78 is 30.0. The monoisotopic (exact) mass is 343 g/mol. The molecule has 2 N–H and O–H groups in total. The number of urea groups is 1. The number of likely N-dealkylation sites (tertiary alicyclic amines) is 1. The van der Waals surface area contributed by atoms with Gasteiger partial charge in [-0.05, 0) is 37.8 Å². The van der Waals surface area contributed by atoms with E-state index >= 15 is 0 Å². The summed E-state index contributed by atoms with van der Waals surface area (Å²) in [7, 11) is -3.18. The number of hydrogen-bond donors (Lipinski definition) is 2. The topological polar surface area (TPSA) is 91.7 Å². The molecule has 0 aliphatic carbocycles. The van der Waals surface area contributed by atoms with E-state index in [0.717, 1.165) is 37.8 Å². The van der Waals surface area contributed by atoms with E-state index in [0.29, 0.717) is 25.9 Å². The largest absolute Gasteiger partial charge is 0.469 e. The van der Waals surface area contributed by atoms with E-state index in [1.807, 2.05) is 17.0 Å². The van der Waals surface area contributed by atoms with Crippen LogP contribution in [0.2, 0.25) is 0 Å². The maximum Gasteiger partial charge on any atom is 0.317 e. The highest BCUT2D eigenvalue weighted by Gasteiger charge is 2.26. The smallest absolute Gasteiger partial charge is 0.317 e. The van der Waals surface area contributed by atoms with Crippen molar-refractivity contribution in [3.05, 3.63) is 24.2 Å². The SMILES string of the molecule is CS(=O)(=O)NCCC1CCCCN1C(=O)NCCc1ccco1. The summed E-state index contributed by atoms with van der Waals surface area (Å²) in [6, 6.07) is 3.71. The van der Waals surface area contributed by atoms with Crippen molar-refractivity contribution in [2.24, 2.45) is 0 Å². The molecule has 0 bridgehead atoms. The van der Waals surface area contributed by atoms with Gasteiger partial charge in [-0.3, -0.25) is 0 Å². The molecule has 0 saturated carbocycles. The van der Waals surface area contributed by atoms with Gasteiger partial charge < -0.3 is 14.6 Å². The Morgan fingerprint density at radius 2 is 2.22 bits per heavy atom. The fraction of sp³-hybridized carbons (Fsp3) is 0.667. The Morgan fingerprint density at radius 1 is 1.39 bits per heavy atom. The molecule has 2 amide bonds. The first-order chi connectivity index (χ1) is 11.0. The normalized spacial score (nSPS) is 18.8. The van der Waals surface area contributed by atoms with Gasteiger partial charge in [0.15, 0.2) is 0 Å². The van der Waals surface area contributed by atoms with Crippen molar-refractivity contribution in [2.75, 3.05) is 25.9 Å². The molecule has 1 aromatic rings. The molecule has 1 saturated heterocycles. The summed E-state index contributed by atoms with van der Waals surface area (Å²) in [5.41, 5.74) is 0. The van der Waals surface area contributed by atoms with Crippen LogP contribution in [0.25, 0.3) is 0 Å². The van der Waals surface area contributed by atoms with Crippen molar-refractivity contribution in [1.82, 2.24) is 14.9 Å². The number of hydrogen-bond acceptors (Lipinski definition) is 4. The Morgan fingerprint density at radius 3 is 2.91 bits per heavy atom. The molecule has 2 rings (SSSR count). The van der Waals surface area contributed by atoms with Crippen LogP contribution < -0.4 is 10.0 Å². The Kier molecular flexibility index (Phi) is 6.47. The van der Waals surface area contributed by atoms with Gasteiger partial charge in [0.1, 0.15) is 5.76 Å². The van der Waals surface area contributed by atoms with Crippen LogP contribution in [0.1, 0.15) is 31.4 Å². The summed E-state index contributed by atoms with van der Waals surface area (Å²) in [6.07, 6.45) is 7.03. The highest BCUT2D eigenvalue weighted by molar-refractivity contribution is 7.88. The van der Waals surface area contributed by atoms with Crippen LogP contribution in [-0.2, 0) is 16.4 Å². The Hall–Kier alpha value is -1.54. The number of carbonyl (C=O) groups excluding carboxylic acids is 1. The summed E-state index contributed by atoms with van der Waals surface area (Å²) >= 11 is 0. The predicted octanol–water partition coefficient (Wildman–Crippen LogP) is 1.33. The number of carbonyl (C=O) groups is 1. The van der Waals surface area contributed by atoms with E-state index in [9.17, 15) is 13.2 Å². The van der Waals surface area contributed by atoms with Crippen LogP contribution in [0.15, 0.2) is 22.8 Å². The van der Waals surface area contributed by atoms with Gasteiger partial charge in [0.25, 0.3) is 0 Å². The number of piperidine rings is 1. The molecule has 130 valence electrons. The van der Waals surface area contributed by atoms with Gasteiger partial charge in [-0.2, -0.15) is 0 Å². The van der Waals surface area contributed by atoms with Gasteiger partial charge in [0, 0.05) is 32.1 Å². The molecule has 1 aliphatic rings. The van der Waals surface area contributed by atoms with Crippen LogP contribution >= 0.6 is 0 Å². The first-order valence-corrected chi connectivity index (χ1v) is 9.86. The zero-order chi connectivity index (χ0) is 16.7. The predicted molar refractivity (Wildman–Crippen MR) is 87.6 cm³/mol. The molecule has 23 heavy (non-hydrogen) atoms. The van der Waals surface area contributed by atoms with E-state index in [-0.39, 0.29) is 12.1 Å². The number of nitrogens with one attached hydrogen (secondary N) is 2. The summed E-state index contributed by atoms with van der Waals surface area (Å²) in [6.45, 7) is 1.60. The molecule has 2 heterocycles. The highest BCUT2D eigenvalue weighted by Crippen LogP contribution is 2.19. The molecule has 1 atom stereocenters. The van der Waals surface area contributed by atoms with E-state index in [1.165, 1.54) is 0 Å². The quantitative estimate of drug-likeness (QED) is 0.781. The lowest BCUT2D eigenvalue weighted by atomic mass is 10.00. The van der Waals surface area contributed by atoms with Crippen molar-refractivity contribution in [2.45, 2.75) is 38.1 Å². The van der Waals surface area contributed by atoms with Crippen LogP contribution in [0.4, 0.5) is 4.79 Å². The minimum absolute atomic E-state index is 0.0828. The number of sulfonamides is 1. The lowest BCUT2D eigenvalue weighted by Gasteiger charge is -2.35. The summed E-state index contributed by atoms with van der Waals surface area (Å²) in [5, 5.41) is 2.92. The van der Waals surface area contributed by atoms with Crippen molar-refractivity contribution < 1.29 is 17.6 Å². The second-order valence-electron chi connectivity index (χ2n) is 5.86. The van der Waals surface area contributed by atoms with Gasteiger partial charge in [-0.25, -0.2) is 17.9 Å². The highest BCUT2D eigenvalue weighted by atomic mass is 32.2. The molecular weight excluding hydrogens is 318 g/mol.